The minimum atomic E-state index is 0.325. The molecule has 0 saturated carbocycles. The van der Waals surface area contributed by atoms with Crippen LogP contribution in [-0.2, 0) is 0 Å². The highest BCUT2D eigenvalue weighted by Crippen LogP contribution is 2.32. The smallest absolute Gasteiger partial charge is 0.0702 e. The first-order valence-corrected chi connectivity index (χ1v) is 7.17. The minimum absolute atomic E-state index is 0.325. The molecule has 2 aromatic heterocycles. The molecule has 2 aromatic rings. The number of aryl methyl sites for hydroxylation is 1. The van der Waals surface area contributed by atoms with E-state index >= 15 is 0 Å². The number of hydrogen-bond donors (Lipinski definition) is 1. The number of nitrogens with one attached hydrogen (secondary N) is 1. The number of thiophene rings is 2. The fourth-order valence-electron chi connectivity index (χ4n) is 1.57. The molecule has 4 heteroatoms. The molecule has 0 aliphatic heterocycles. The van der Waals surface area contributed by atoms with Gasteiger partial charge < -0.3 is 5.32 Å². The van der Waals surface area contributed by atoms with E-state index in [4.69, 9.17) is 0 Å². The van der Waals surface area contributed by atoms with Crippen LogP contribution in [0.4, 0.5) is 0 Å². The maximum absolute atomic E-state index is 3.50. The van der Waals surface area contributed by atoms with Crippen LogP contribution in [0.3, 0.4) is 0 Å². The minimum Gasteiger partial charge on any atom is -0.309 e. The lowest BCUT2D eigenvalue weighted by Gasteiger charge is -2.12. The SMILES string of the molecule is CNC(c1csc(C)c1)c1ccc(Br)s1. The molecule has 0 fully saturated rings. The molecule has 1 N–H and O–H groups in total. The molecular formula is C11H12BrNS2. The average molecular weight is 302 g/mol. The topological polar surface area (TPSA) is 12.0 Å². The molecule has 0 saturated heterocycles. The first-order chi connectivity index (χ1) is 7.20. The van der Waals surface area contributed by atoms with Gasteiger partial charge >= 0.3 is 0 Å². The molecular weight excluding hydrogens is 290 g/mol. The standard InChI is InChI=1S/C11H12BrNS2/c1-7-5-8(6-14-7)11(13-2)9-3-4-10(12)15-9/h3-6,11,13H,1-2H3. The summed E-state index contributed by atoms with van der Waals surface area (Å²) in [6, 6.07) is 6.85. The highest BCUT2D eigenvalue weighted by atomic mass is 79.9. The predicted octanol–water partition coefficient (Wildman–Crippen LogP) is 4.19. The van der Waals surface area contributed by atoms with E-state index in [-0.39, 0.29) is 0 Å². The van der Waals surface area contributed by atoms with Crippen molar-refractivity contribution < 1.29 is 0 Å². The Balaban J connectivity index is 2.32. The molecule has 0 aliphatic carbocycles. The van der Waals surface area contributed by atoms with Crippen LogP contribution in [-0.4, -0.2) is 7.05 Å². The molecule has 0 bridgehead atoms. The summed E-state index contributed by atoms with van der Waals surface area (Å²) < 4.78 is 1.18. The Bertz CT molecular complexity index is 407. The first kappa shape index (κ1) is 11.3. The van der Waals surface area contributed by atoms with Crippen LogP contribution in [0.5, 0.6) is 0 Å². The van der Waals surface area contributed by atoms with E-state index in [1.807, 2.05) is 7.05 Å². The predicted molar refractivity (Wildman–Crippen MR) is 72.0 cm³/mol. The van der Waals surface area contributed by atoms with E-state index in [9.17, 15) is 0 Å². The Labute approximate surface area is 106 Å². The first-order valence-electron chi connectivity index (χ1n) is 4.68. The molecule has 0 amide bonds. The van der Waals surface area contributed by atoms with Gasteiger partial charge in [-0.2, -0.15) is 0 Å². The lowest BCUT2D eigenvalue weighted by molar-refractivity contribution is 0.706. The van der Waals surface area contributed by atoms with Gasteiger partial charge in [0.1, 0.15) is 0 Å². The van der Waals surface area contributed by atoms with E-state index < -0.39 is 0 Å². The quantitative estimate of drug-likeness (QED) is 0.896. The third-order valence-corrected chi connectivity index (χ3v) is 4.82. The van der Waals surface area contributed by atoms with Gasteiger partial charge in [-0.1, -0.05) is 0 Å². The summed E-state index contributed by atoms with van der Waals surface area (Å²) in [7, 11) is 2.01. The zero-order chi connectivity index (χ0) is 10.8. The fourth-order valence-corrected chi connectivity index (χ4v) is 3.86. The Kier molecular flexibility index (Phi) is 3.61. The van der Waals surface area contributed by atoms with Crippen molar-refractivity contribution in [1.29, 1.82) is 0 Å². The molecule has 0 radical (unpaired) electrons. The molecule has 0 aromatic carbocycles. The zero-order valence-corrected chi connectivity index (χ0v) is 11.8. The van der Waals surface area contributed by atoms with Gasteiger partial charge in [0.05, 0.1) is 9.83 Å². The van der Waals surface area contributed by atoms with Crippen molar-refractivity contribution in [3.63, 3.8) is 0 Å². The number of halogens is 1. The van der Waals surface area contributed by atoms with E-state index in [0.29, 0.717) is 6.04 Å². The summed E-state index contributed by atoms with van der Waals surface area (Å²) in [5, 5.41) is 5.58. The van der Waals surface area contributed by atoms with Crippen LogP contribution in [0, 0.1) is 6.92 Å². The van der Waals surface area contributed by atoms with Crippen LogP contribution < -0.4 is 5.32 Å². The lowest BCUT2D eigenvalue weighted by atomic mass is 10.1. The van der Waals surface area contributed by atoms with Gasteiger partial charge in [-0.05, 0) is 59.0 Å². The highest BCUT2D eigenvalue weighted by molar-refractivity contribution is 9.11. The third-order valence-electron chi connectivity index (χ3n) is 2.25. The second kappa shape index (κ2) is 4.78. The van der Waals surface area contributed by atoms with E-state index in [2.05, 4.69) is 51.7 Å². The monoisotopic (exact) mass is 301 g/mol. The van der Waals surface area contributed by atoms with Gasteiger partial charge in [0.15, 0.2) is 0 Å². The zero-order valence-electron chi connectivity index (χ0n) is 8.58. The Morgan fingerprint density at radius 1 is 1.40 bits per heavy atom. The molecule has 1 atom stereocenters. The summed E-state index contributed by atoms with van der Waals surface area (Å²) in [5.74, 6) is 0. The van der Waals surface area contributed by atoms with Crippen molar-refractivity contribution in [2.24, 2.45) is 0 Å². The molecule has 1 nitrogen and oxygen atoms in total. The van der Waals surface area contributed by atoms with Crippen LogP contribution in [0.2, 0.25) is 0 Å². The maximum Gasteiger partial charge on any atom is 0.0702 e. The molecule has 0 aliphatic rings. The van der Waals surface area contributed by atoms with Gasteiger partial charge in [0, 0.05) is 9.75 Å². The summed E-state index contributed by atoms with van der Waals surface area (Å²) in [6.07, 6.45) is 0. The van der Waals surface area contributed by atoms with Crippen LogP contribution in [0.1, 0.15) is 21.4 Å². The second-order valence-electron chi connectivity index (χ2n) is 3.35. The number of rotatable bonds is 3. The normalized spacial score (nSPS) is 13.0. The van der Waals surface area contributed by atoms with Crippen molar-refractivity contribution in [3.05, 3.63) is 42.7 Å². The average Bonchev–Trinajstić information content (AvgIpc) is 2.78. The van der Waals surface area contributed by atoms with Gasteiger partial charge in [-0.15, -0.1) is 22.7 Å². The molecule has 80 valence electrons. The van der Waals surface area contributed by atoms with Crippen molar-refractivity contribution in [1.82, 2.24) is 5.32 Å². The summed E-state index contributed by atoms with van der Waals surface area (Å²) >= 11 is 7.09. The van der Waals surface area contributed by atoms with Gasteiger partial charge in [0.2, 0.25) is 0 Å². The maximum atomic E-state index is 3.50. The Morgan fingerprint density at radius 2 is 2.20 bits per heavy atom. The second-order valence-corrected chi connectivity index (χ2v) is 6.96. The summed E-state index contributed by atoms with van der Waals surface area (Å²) in [5.41, 5.74) is 1.36. The van der Waals surface area contributed by atoms with E-state index in [0.717, 1.165) is 0 Å². The Morgan fingerprint density at radius 3 is 2.67 bits per heavy atom. The van der Waals surface area contributed by atoms with Crippen LogP contribution in [0.25, 0.3) is 0 Å². The van der Waals surface area contributed by atoms with Gasteiger partial charge in [-0.3, -0.25) is 0 Å². The van der Waals surface area contributed by atoms with Crippen molar-refractivity contribution in [2.45, 2.75) is 13.0 Å². The molecule has 0 spiro atoms. The lowest BCUT2D eigenvalue weighted by Crippen LogP contribution is -2.15. The molecule has 1 unspecified atom stereocenters. The molecule has 15 heavy (non-hydrogen) atoms. The third kappa shape index (κ3) is 2.50. The van der Waals surface area contributed by atoms with Crippen molar-refractivity contribution in [2.75, 3.05) is 7.05 Å². The molecule has 2 rings (SSSR count). The van der Waals surface area contributed by atoms with Gasteiger partial charge in [-0.25, -0.2) is 0 Å². The Hall–Kier alpha value is -0.160. The number of hydrogen-bond acceptors (Lipinski definition) is 3. The largest absolute Gasteiger partial charge is 0.309 e. The highest BCUT2D eigenvalue weighted by Gasteiger charge is 2.14. The van der Waals surface area contributed by atoms with Crippen molar-refractivity contribution >= 4 is 38.6 Å². The molecule has 2 heterocycles. The van der Waals surface area contributed by atoms with Gasteiger partial charge in [0.25, 0.3) is 0 Å². The summed E-state index contributed by atoms with van der Waals surface area (Å²) in [6.45, 7) is 2.14. The van der Waals surface area contributed by atoms with Crippen LogP contribution >= 0.6 is 38.6 Å². The van der Waals surface area contributed by atoms with E-state index in [1.54, 1.807) is 22.7 Å². The van der Waals surface area contributed by atoms with Crippen molar-refractivity contribution in [3.8, 4) is 0 Å². The van der Waals surface area contributed by atoms with Crippen LogP contribution in [0.15, 0.2) is 27.4 Å². The van der Waals surface area contributed by atoms with E-state index in [1.165, 1.54) is 19.1 Å². The summed E-state index contributed by atoms with van der Waals surface area (Å²) in [4.78, 5) is 2.71. The fraction of sp³-hybridized carbons (Fsp3) is 0.273.